The molecule has 0 aliphatic heterocycles. The Hall–Kier alpha value is -1.61. The van der Waals surface area contributed by atoms with E-state index in [1.165, 1.54) is 0 Å². The maximum atomic E-state index is 12.6. The molecule has 4 heteroatoms. The number of Topliss-reactive ketones (excluding diaryl/α,β-unsaturated/α-hetero) is 1. The first-order valence-corrected chi connectivity index (χ1v) is 8.38. The summed E-state index contributed by atoms with van der Waals surface area (Å²) in [5, 5.41) is 5.00. The van der Waals surface area contributed by atoms with Crippen molar-refractivity contribution in [2.45, 2.75) is 13.8 Å². The molecular weight excluding hydrogens is 341 g/mol. The molecule has 0 aliphatic carbocycles. The van der Waals surface area contributed by atoms with Crippen molar-refractivity contribution in [2.75, 3.05) is 19.6 Å². The van der Waals surface area contributed by atoms with Crippen molar-refractivity contribution >= 4 is 51.3 Å². The summed E-state index contributed by atoms with van der Waals surface area (Å²) in [6, 6.07) is 15.9. The third-order valence-corrected chi connectivity index (χ3v) is 4.71. The van der Waals surface area contributed by atoms with Crippen molar-refractivity contribution in [1.82, 2.24) is 4.90 Å². The van der Waals surface area contributed by atoms with Gasteiger partial charge in [-0.1, -0.05) is 61.8 Å². The van der Waals surface area contributed by atoms with E-state index in [0.29, 0.717) is 6.54 Å². The number of likely N-dealkylation sites (N-methyl/N-ethyl adjacent to an activating group) is 1. The summed E-state index contributed by atoms with van der Waals surface area (Å²) in [4.78, 5) is 14.7. The first-order chi connectivity index (χ1) is 11.1. The minimum atomic E-state index is 0. The van der Waals surface area contributed by atoms with Crippen LogP contribution >= 0.6 is 24.0 Å². The van der Waals surface area contributed by atoms with Gasteiger partial charge in [0.1, 0.15) is 0 Å². The number of hydrogen-bond acceptors (Lipinski definition) is 2. The molecule has 24 heavy (non-hydrogen) atoms. The number of carbonyl (C=O) groups excluding carboxylic acids is 1. The highest BCUT2D eigenvalue weighted by molar-refractivity contribution is 6.37. The second kappa shape index (κ2) is 7.98. The smallest absolute Gasteiger partial charge is 0.176 e. The molecule has 2 nitrogen and oxygen atoms in total. The molecule has 3 aromatic carbocycles. The molecular formula is C20H21Cl2NO. The summed E-state index contributed by atoms with van der Waals surface area (Å²) < 4.78 is 0. The van der Waals surface area contributed by atoms with Gasteiger partial charge in [-0.15, -0.1) is 12.4 Å². The molecule has 0 heterocycles. The second-order valence-corrected chi connectivity index (χ2v) is 6.13. The molecule has 0 radical (unpaired) electrons. The van der Waals surface area contributed by atoms with Crippen LogP contribution in [0.15, 0.2) is 48.5 Å². The SMILES string of the molecule is CCN(CC)CC(=O)c1ccc2cc(Cl)c3ccccc3c2c1.Cl. The standard InChI is InChI=1S/C20H20ClNO.ClH/c1-3-22(4-2)13-20(23)15-10-9-14-12-19(21)17-8-6-5-7-16(17)18(14)11-15;/h5-12H,3-4,13H2,1-2H3;1H. The Kier molecular flexibility index (Phi) is 6.22. The van der Waals surface area contributed by atoms with Crippen LogP contribution in [0.2, 0.25) is 5.02 Å². The molecule has 0 N–H and O–H groups in total. The summed E-state index contributed by atoms with van der Waals surface area (Å²) in [7, 11) is 0. The highest BCUT2D eigenvalue weighted by Gasteiger charge is 2.12. The number of fused-ring (bicyclic) bond motifs is 3. The number of rotatable bonds is 5. The summed E-state index contributed by atoms with van der Waals surface area (Å²) in [5.41, 5.74) is 0.761. The van der Waals surface area contributed by atoms with E-state index in [-0.39, 0.29) is 18.2 Å². The molecule has 0 unspecified atom stereocenters. The average molecular weight is 362 g/mol. The topological polar surface area (TPSA) is 20.3 Å². The number of benzene rings is 3. The molecule has 126 valence electrons. The van der Waals surface area contributed by atoms with Crippen LogP contribution in [0.4, 0.5) is 0 Å². The lowest BCUT2D eigenvalue weighted by Gasteiger charge is -2.17. The Labute approximate surface area is 153 Å². The summed E-state index contributed by atoms with van der Waals surface area (Å²) in [6.07, 6.45) is 0. The molecule has 3 aromatic rings. The van der Waals surface area contributed by atoms with Crippen molar-refractivity contribution in [2.24, 2.45) is 0 Å². The Morgan fingerprint density at radius 1 is 0.958 bits per heavy atom. The zero-order valence-electron chi connectivity index (χ0n) is 13.9. The third-order valence-electron chi connectivity index (χ3n) is 4.39. The number of carbonyl (C=O) groups is 1. The first-order valence-electron chi connectivity index (χ1n) is 8.00. The number of halogens is 2. The zero-order valence-corrected chi connectivity index (χ0v) is 15.5. The van der Waals surface area contributed by atoms with E-state index < -0.39 is 0 Å². The van der Waals surface area contributed by atoms with Crippen molar-refractivity contribution in [1.29, 1.82) is 0 Å². The van der Waals surface area contributed by atoms with Crippen molar-refractivity contribution in [3.8, 4) is 0 Å². The minimum Gasteiger partial charge on any atom is -0.296 e. The van der Waals surface area contributed by atoms with Crippen LogP contribution in [0.25, 0.3) is 21.5 Å². The molecule has 0 spiro atoms. The number of hydrogen-bond donors (Lipinski definition) is 0. The van der Waals surface area contributed by atoms with Gasteiger partial charge < -0.3 is 0 Å². The van der Waals surface area contributed by atoms with Gasteiger partial charge >= 0.3 is 0 Å². The van der Waals surface area contributed by atoms with Gasteiger partial charge in [-0.2, -0.15) is 0 Å². The van der Waals surface area contributed by atoms with Crippen molar-refractivity contribution in [3.63, 3.8) is 0 Å². The van der Waals surface area contributed by atoms with Gasteiger partial charge in [-0.25, -0.2) is 0 Å². The van der Waals surface area contributed by atoms with Gasteiger partial charge in [0, 0.05) is 16.0 Å². The van der Waals surface area contributed by atoms with Gasteiger partial charge in [-0.3, -0.25) is 9.69 Å². The summed E-state index contributed by atoms with van der Waals surface area (Å²) >= 11 is 6.37. The van der Waals surface area contributed by atoms with E-state index in [4.69, 9.17) is 11.6 Å². The Balaban J connectivity index is 0.00000208. The largest absolute Gasteiger partial charge is 0.296 e. The van der Waals surface area contributed by atoms with E-state index in [9.17, 15) is 4.79 Å². The molecule has 0 atom stereocenters. The van der Waals surface area contributed by atoms with Crippen molar-refractivity contribution < 1.29 is 4.79 Å². The summed E-state index contributed by atoms with van der Waals surface area (Å²) in [6.45, 7) is 6.38. The van der Waals surface area contributed by atoms with Crippen LogP contribution < -0.4 is 0 Å². The van der Waals surface area contributed by atoms with Crippen LogP contribution in [-0.4, -0.2) is 30.3 Å². The van der Waals surface area contributed by atoms with E-state index >= 15 is 0 Å². The molecule has 0 saturated heterocycles. The van der Waals surface area contributed by atoms with Crippen LogP contribution in [0.3, 0.4) is 0 Å². The lowest BCUT2D eigenvalue weighted by atomic mass is 9.98. The van der Waals surface area contributed by atoms with Gasteiger partial charge in [0.2, 0.25) is 0 Å². The molecule has 3 rings (SSSR count). The first kappa shape index (κ1) is 18.7. The Bertz CT molecular complexity index is 872. The van der Waals surface area contributed by atoms with Gasteiger partial charge in [0.25, 0.3) is 0 Å². The predicted octanol–water partition coefficient (Wildman–Crippen LogP) is 5.59. The van der Waals surface area contributed by atoms with E-state index in [0.717, 1.165) is 45.2 Å². The second-order valence-electron chi connectivity index (χ2n) is 5.72. The highest BCUT2D eigenvalue weighted by Crippen LogP contribution is 2.32. The average Bonchev–Trinajstić information content (AvgIpc) is 2.59. The van der Waals surface area contributed by atoms with Gasteiger partial charge in [0.15, 0.2) is 5.78 Å². The van der Waals surface area contributed by atoms with Gasteiger partial charge in [-0.05, 0) is 41.4 Å². The number of nitrogens with zero attached hydrogens (tertiary/aromatic N) is 1. The molecule has 0 fully saturated rings. The van der Waals surface area contributed by atoms with Crippen LogP contribution in [0.1, 0.15) is 24.2 Å². The molecule has 0 aliphatic rings. The fourth-order valence-electron chi connectivity index (χ4n) is 2.97. The van der Waals surface area contributed by atoms with Crippen LogP contribution in [0.5, 0.6) is 0 Å². The maximum absolute atomic E-state index is 12.6. The van der Waals surface area contributed by atoms with Crippen LogP contribution in [0, 0.1) is 0 Å². The fraction of sp³-hybridized carbons (Fsp3) is 0.250. The minimum absolute atomic E-state index is 0. The fourth-order valence-corrected chi connectivity index (χ4v) is 3.25. The Morgan fingerprint density at radius 3 is 2.29 bits per heavy atom. The zero-order chi connectivity index (χ0) is 16.4. The molecule has 0 amide bonds. The third kappa shape index (κ3) is 3.56. The lowest BCUT2D eigenvalue weighted by molar-refractivity contribution is 0.0937. The maximum Gasteiger partial charge on any atom is 0.176 e. The Morgan fingerprint density at radius 2 is 1.62 bits per heavy atom. The van der Waals surface area contributed by atoms with E-state index in [2.05, 4.69) is 24.8 Å². The molecule has 0 bridgehead atoms. The van der Waals surface area contributed by atoms with E-state index in [1.807, 2.05) is 42.5 Å². The van der Waals surface area contributed by atoms with Crippen LogP contribution in [-0.2, 0) is 0 Å². The highest BCUT2D eigenvalue weighted by atomic mass is 35.5. The van der Waals surface area contributed by atoms with E-state index in [1.54, 1.807) is 0 Å². The van der Waals surface area contributed by atoms with Crippen molar-refractivity contribution in [3.05, 3.63) is 59.1 Å². The normalized spacial score (nSPS) is 11.0. The molecule has 0 aromatic heterocycles. The summed E-state index contributed by atoms with van der Waals surface area (Å²) in [5.74, 6) is 0.162. The molecule has 0 saturated carbocycles. The predicted molar refractivity (Wildman–Crippen MR) is 106 cm³/mol. The lowest BCUT2D eigenvalue weighted by Crippen LogP contribution is -2.29. The van der Waals surface area contributed by atoms with Gasteiger partial charge in [0.05, 0.1) is 6.54 Å². The quantitative estimate of drug-likeness (QED) is 0.435. The monoisotopic (exact) mass is 361 g/mol. The number of ketones is 1.